The first-order chi connectivity index (χ1) is 7.56. The Hall–Kier alpha value is -1.14. The van der Waals surface area contributed by atoms with Crippen LogP contribution in [0.5, 0.6) is 0 Å². The molecule has 1 aliphatic heterocycles. The molecule has 2 aliphatic rings. The summed E-state index contributed by atoms with van der Waals surface area (Å²) in [6.45, 7) is -0.0756. The summed E-state index contributed by atoms with van der Waals surface area (Å²) in [5, 5.41) is 20.5. The second-order valence-corrected chi connectivity index (χ2v) is 4.46. The van der Waals surface area contributed by atoms with E-state index < -0.39 is 23.7 Å². The Morgan fingerprint density at radius 1 is 1.31 bits per heavy atom. The SMILES string of the molecule is O=C(O)C1CCC(C(=O)NC2(CO)CC2)O1. The minimum atomic E-state index is -1.03. The van der Waals surface area contributed by atoms with Gasteiger partial charge in [0.15, 0.2) is 6.10 Å². The van der Waals surface area contributed by atoms with Crippen LogP contribution >= 0.6 is 0 Å². The first kappa shape index (κ1) is 11.3. The molecule has 1 aliphatic carbocycles. The van der Waals surface area contributed by atoms with Crippen molar-refractivity contribution in [2.75, 3.05) is 6.61 Å². The van der Waals surface area contributed by atoms with E-state index >= 15 is 0 Å². The number of ether oxygens (including phenoxy) is 1. The molecule has 2 fully saturated rings. The maximum Gasteiger partial charge on any atom is 0.332 e. The zero-order valence-corrected chi connectivity index (χ0v) is 8.81. The molecule has 90 valence electrons. The number of nitrogens with one attached hydrogen (secondary N) is 1. The molecule has 2 atom stereocenters. The van der Waals surface area contributed by atoms with Gasteiger partial charge in [0.2, 0.25) is 5.91 Å². The third-order valence-electron chi connectivity index (χ3n) is 3.13. The molecule has 1 amide bonds. The fraction of sp³-hybridized carbons (Fsp3) is 0.800. The fourth-order valence-electron chi connectivity index (χ4n) is 1.83. The standard InChI is InChI=1S/C10H15NO5/c12-5-10(3-4-10)11-8(13)6-1-2-7(16-6)9(14)15/h6-7,12H,1-5H2,(H,11,13)(H,14,15). The van der Waals surface area contributed by atoms with Crippen molar-refractivity contribution in [2.45, 2.75) is 43.4 Å². The third kappa shape index (κ3) is 2.17. The lowest BCUT2D eigenvalue weighted by atomic mass is 10.1. The molecule has 6 nitrogen and oxygen atoms in total. The average Bonchev–Trinajstić information content (AvgIpc) is 2.83. The maximum atomic E-state index is 11.7. The summed E-state index contributed by atoms with van der Waals surface area (Å²) in [5.74, 6) is -1.34. The molecule has 6 heteroatoms. The predicted octanol–water partition coefficient (Wildman–Crippen LogP) is -0.740. The summed E-state index contributed by atoms with van der Waals surface area (Å²) in [6, 6.07) is 0. The zero-order valence-electron chi connectivity index (χ0n) is 8.81. The van der Waals surface area contributed by atoms with Crippen LogP contribution in [-0.4, -0.2) is 46.4 Å². The largest absolute Gasteiger partial charge is 0.479 e. The van der Waals surface area contributed by atoms with Crippen molar-refractivity contribution in [1.29, 1.82) is 0 Å². The summed E-state index contributed by atoms with van der Waals surface area (Å²) in [5.41, 5.74) is -0.470. The van der Waals surface area contributed by atoms with E-state index in [9.17, 15) is 9.59 Å². The number of rotatable bonds is 4. The van der Waals surface area contributed by atoms with Crippen LogP contribution in [-0.2, 0) is 14.3 Å². The second kappa shape index (κ2) is 4.03. The van der Waals surface area contributed by atoms with Crippen LogP contribution < -0.4 is 5.32 Å². The normalized spacial score (nSPS) is 31.1. The number of hydrogen-bond acceptors (Lipinski definition) is 4. The van der Waals surface area contributed by atoms with Crippen molar-refractivity contribution < 1.29 is 24.5 Å². The number of carbonyl (C=O) groups is 2. The highest BCUT2D eigenvalue weighted by atomic mass is 16.5. The Morgan fingerprint density at radius 3 is 2.38 bits per heavy atom. The molecule has 0 aromatic rings. The molecule has 1 saturated heterocycles. The molecule has 0 radical (unpaired) electrons. The molecule has 1 saturated carbocycles. The van der Waals surface area contributed by atoms with Crippen LogP contribution in [0.4, 0.5) is 0 Å². The second-order valence-electron chi connectivity index (χ2n) is 4.46. The van der Waals surface area contributed by atoms with Crippen LogP contribution in [0.25, 0.3) is 0 Å². The number of aliphatic hydroxyl groups is 1. The quantitative estimate of drug-likeness (QED) is 0.590. The molecule has 0 aromatic heterocycles. The van der Waals surface area contributed by atoms with E-state index in [2.05, 4.69) is 5.32 Å². The minimum absolute atomic E-state index is 0.0756. The smallest absolute Gasteiger partial charge is 0.332 e. The van der Waals surface area contributed by atoms with E-state index in [1.54, 1.807) is 0 Å². The van der Waals surface area contributed by atoms with E-state index in [4.69, 9.17) is 14.9 Å². The van der Waals surface area contributed by atoms with Crippen LogP contribution in [0.15, 0.2) is 0 Å². The van der Waals surface area contributed by atoms with Gasteiger partial charge in [-0.05, 0) is 25.7 Å². The molecular weight excluding hydrogens is 214 g/mol. The lowest BCUT2D eigenvalue weighted by molar-refractivity contribution is -0.152. The number of aliphatic carboxylic acids is 1. The Morgan fingerprint density at radius 2 is 1.94 bits per heavy atom. The van der Waals surface area contributed by atoms with Gasteiger partial charge in [-0.3, -0.25) is 4.79 Å². The monoisotopic (exact) mass is 229 g/mol. The number of hydrogen-bond donors (Lipinski definition) is 3. The van der Waals surface area contributed by atoms with E-state index in [0.717, 1.165) is 12.8 Å². The van der Waals surface area contributed by atoms with Gasteiger partial charge in [0, 0.05) is 0 Å². The number of carboxylic acid groups (broad SMARTS) is 1. The van der Waals surface area contributed by atoms with Crippen molar-refractivity contribution in [3.63, 3.8) is 0 Å². The van der Waals surface area contributed by atoms with E-state index in [0.29, 0.717) is 12.8 Å². The fourth-order valence-corrected chi connectivity index (χ4v) is 1.83. The summed E-state index contributed by atoms with van der Waals surface area (Å²) in [7, 11) is 0. The lowest BCUT2D eigenvalue weighted by Gasteiger charge is -2.17. The molecule has 2 unspecified atom stereocenters. The van der Waals surface area contributed by atoms with E-state index in [1.165, 1.54) is 0 Å². The molecule has 0 aromatic carbocycles. The van der Waals surface area contributed by atoms with Gasteiger partial charge in [0.05, 0.1) is 12.1 Å². The van der Waals surface area contributed by atoms with Crippen LogP contribution in [0.3, 0.4) is 0 Å². The van der Waals surface area contributed by atoms with Crippen LogP contribution in [0, 0.1) is 0 Å². The van der Waals surface area contributed by atoms with Crippen molar-refractivity contribution in [3.05, 3.63) is 0 Å². The summed E-state index contributed by atoms with van der Waals surface area (Å²) in [4.78, 5) is 22.3. The third-order valence-corrected chi connectivity index (χ3v) is 3.13. The topological polar surface area (TPSA) is 95.9 Å². The molecular formula is C10H15NO5. The Kier molecular flexibility index (Phi) is 2.86. The molecule has 1 heterocycles. The molecule has 2 rings (SSSR count). The van der Waals surface area contributed by atoms with Gasteiger partial charge >= 0.3 is 5.97 Å². The Bertz CT molecular complexity index is 312. The molecule has 0 bridgehead atoms. The number of carboxylic acids is 1. The van der Waals surface area contributed by atoms with E-state index in [-0.39, 0.29) is 12.5 Å². The van der Waals surface area contributed by atoms with Gasteiger partial charge in [-0.15, -0.1) is 0 Å². The highest BCUT2D eigenvalue weighted by Gasteiger charge is 2.45. The van der Waals surface area contributed by atoms with Gasteiger partial charge in [-0.25, -0.2) is 4.79 Å². The van der Waals surface area contributed by atoms with Crippen molar-refractivity contribution >= 4 is 11.9 Å². The van der Waals surface area contributed by atoms with Crippen molar-refractivity contribution in [3.8, 4) is 0 Å². The zero-order chi connectivity index (χ0) is 11.8. The number of amides is 1. The Balaban J connectivity index is 1.85. The Labute approximate surface area is 92.6 Å². The highest BCUT2D eigenvalue weighted by Crippen LogP contribution is 2.35. The first-order valence-corrected chi connectivity index (χ1v) is 5.37. The van der Waals surface area contributed by atoms with Crippen LogP contribution in [0.1, 0.15) is 25.7 Å². The van der Waals surface area contributed by atoms with Crippen molar-refractivity contribution in [2.24, 2.45) is 0 Å². The van der Waals surface area contributed by atoms with Gasteiger partial charge in [0.25, 0.3) is 0 Å². The van der Waals surface area contributed by atoms with Gasteiger partial charge in [-0.2, -0.15) is 0 Å². The number of carbonyl (C=O) groups excluding carboxylic acids is 1. The van der Waals surface area contributed by atoms with Gasteiger partial charge in [-0.1, -0.05) is 0 Å². The van der Waals surface area contributed by atoms with Gasteiger partial charge in [0.1, 0.15) is 6.10 Å². The number of aliphatic hydroxyl groups excluding tert-OH is 1. The molecule has 3 N–H and O–H groups in total. The highest BCUT2D eigenvalue weighted by molar-refractivity contribution is 5.83. The summed E-state index contributed by atoms with van der Waals surface area (Å²) >= 11 is 0. The first-order valence-electron chi connectivity index (χ1n) is 5.37. The van der Waals surface area contributed by atoms with Crippen molar-refractivity contribution in [1.82, 2.24) is 5.32 Å². The average molecular weight is 229 g/mol. The maximum absolute atomic E-state index is 11.7. The minimum Gasteiger partial charge on any atom is -0.479 e. The molecule has 0 spiro atoms. The van der Waals surface area contributed by atoms with E-state index in [1.807, 2.05) is 0 Å². The molecule has 16 heavy (non-hydrogen) atoms. The summed E-state index contributed by atoms with van der Waals surface area (Å²) in [6.07, 6.45) is 0.753. The summed E-state index contributed by atoms with van der Waals surface area (Å²) < 4.78 is 5.11. The van der Waals surface area contributed by atoms with Gasteiger partial charge < -0.3 is 20.3 Å². The predicted molar refractivity (Wildman–Crippen MR) is 52.7 cm³/mol. The van der Waals surface area contributed by atoms with Crippen LogP contribution in [0.2, 0.25) is 0 Å². The lowest BCUT2D eigenvalue weighted by Crippen LogP contribution is -2.45.